The monoisotopic (exact) mass is 328 g/mol. The van der Waals surface area contributed by atoms with E-state index in [4.69, 9.17) is 10.5 Å². The second-order valence-electron chi connectivity index (χ2n) is 6.60. The van der Waals surface area contributed by atoms with Gasteiger partial charge < -0.3 is 15.5 Å². The zero-order valence-corrected chi connectivity index (χ0v) is 14.2. The van der Waals surface area contributed by atoms with Gasteiger partial charge in [-0.15, -0.1) is 0 Å². The number of rotatable bonds is 3. The Morgan fingerprint density at radius 3 is 2.67 bits per heavy atom. The van der Waals surface area contributed by atoms with Crippen molar-refractivity contribution in [3.63, 3.8) is 0 Å². The molecule has 2 aromatic rings. The molecule has 1 saturated carbocycles. The lowest BCUT2D eigenvalue weighted by Gasteiger charge is -2.28. The van der Waals surface area contributed by atoms with Crippen molar-refractivity contribution in [1.29, 1.82) is 0 Å². The zero-order chi connectivity index (χ0) is 17.3. The molecule has 1 heterocycles. The fraction of sp³-hybridized carbons (Fsp3) is 0.474. The fourth-order valence-electron chi connectivity index (χ4n) is 3.72. The van der Waals surface area contributed by atoms with E-state index < -0.39 is 0 Å². The standard InChI is InChI=1S/C19H24N2O3/c1-3-24-19(23)13-6-4-12(5-7-13)14-8-9-15(20)16-17(14)21-10-11(2)18(16)22/h8-10,12-13H,3-7,20H2,1-2H3,(H,21,22). The van der Waals surface area contributed by atoms with Crippen molar-refractivity contribution in [2.45, 2.75) is 45.4 Å². The molecule has 1 aliphatic rings. The lowest BCUT2D eigenvalue weighted by molar-refractivity contribution is -0.149. The van der Waals surface area contributed by atoms with E-state index in [0.717, 1.165) is 36.8 Å². The largest absolute Gasteiger partial charge is 0.466 e. The highest BCUT2D eigenvalue weighted by molar-refractivity contribution is 5.92. The number of anilines is 1. The number of hydrogen-bond donors (Lipinski definition) is 2. The van der Waals surface area contributed by atoms with Crippen molar-refractivity contribution in [3.05, 3.63) is 39.7 Å². The van der Waals surface area contributed by atoms with Gasteiger partial charge in [-0.1, -0.05) is 6.07 Å². The molecule has 0 unspecified atom stereocenters. The van der Waals surface area contributed by atoms with Crippen LogP contribution in [0.4, 0.5) is 5.69 Å². The maximum atomic E-state index is 12.4. The number of nitrogen functional groups attached to an aromatic ring is 1. The number of fused-ring (bicyclic) bond motifs is 1. The van der Waals surface area contributed by atoms with Crippen molar-refractivity contribution >= 4 is 22.6 Å². The number of carbonyl (C=O) groups is 1. The number of aryl methyl sites for hydroxylation is 1. The SMILES string of the molecule is CCOC(=O)C1CCC(c2ccc(N)c3c(=O)c(C)c[nH]c23)CC1. The van der Waals surface area contributed by atoms with E-state index in [9.17, 15) is 9.59 Å². The molecule has 5 heteroatoms. The van der Waals surface area contributed by atoms with Crippen LogP contribution in [-0.4, -0.2) is 17.6 Å². The summed E-state index contributed by atoms with van der Waals surface area (Å²) in [6.07, 6.45) is 5.23. The predicted molar refractivity (Wildman–Crippen MR) is 95.1 cm³/mol. The zero-order valence-electron chi connectivity index (χ0n) is 14.2. The van der Waals surface area contributed by atoms with Gasteiger partial charge in [0.05, 0.1) is 23.4 Å². The first-order valence-electron chi connectivity index (χ1n) is 8.60. The van der Waals surface area contributed by atoms with Gasteiger partial charge in [-0.3, -0.25) is 9.59 Å². The van der Waals surface area contributed by atoms with Gasteiger partial charge in [0, 0.05) is 17.4 Å². The summed E-state index contributed by atoms with van der Waals surface area (Å²) in [6, 6.07) is 3.84. The maximum Gasteiger partial charge on any atom is 0.308 e. The van der Waals surface area contributed by atoms with E-state index in [1.165, 1.54) is 0 Å². The average Bonchev–Trinajstić information content (AvgIpc) is 2.59. The lowest BCUT2D eigenvalue weighted by Crippen LogP contribution is -2.23. The molecule has 0 bridgehead atoms. The number of aromatic nitrogens is 1. The molecule has 24 heavy (non-hydrogen) atoms. The second kappa shape index (κ2) is 6.67. The van der Waals surface area contributed by atoms with E-state index in [-0.39, 0.29) is 17.3 Å². The molecular weight excluding hydrogens is 304 g/mol. The van der Waals surface area contributed by atoms with E-state index in [2.05, 4.69) is 4.98 Å². The number of nitrogens with two attached hydrogens (primary N) is 1. The minimum Gasteiger partial charge on any atom is -0.466 e. The van der Waals surface area contributed by atoms with Gasteiger partial charge in [-0.2, -0.15) is 0 Å². The van der Waals surface area contributed by atoms with E-state index in [1.54, 1.807) is 13.1 Å². The molecule has 1 fully saturated rings. The summed E-state index contributed by atoms with van der Waals surface area (Å²) < 4.78 is 5.13. The molecule has 0 radical (unpaired) electrons. The number of benzene rings is 1. The number of pyridine rings is 1. The topological polar surface area (TPSA) is 85.2 Å². The second-order valence-corrected chi connectivity index (χ2v) is 6.60. The highest BCUT2D eigenvalue weighted by atomic mass is 16.5. The minimum absolute atomic E-state index is 0.00235. The number of nitrogens with one attached hydrogen (secondary N) is 1. The van der Waals surface area contributed by atoms with Crippen LogP contribution in [0.2, 0.25) is 0 Å². The number of ether oxygens (including phenoxy) is 1. The van der Waals surface area contributed by atoms with Crippen LogP contribution in [0.1, 0.15) is 49.7 Å². The van der Waals surface area contributed by atoms with Crippen LogP contribution in [0, 0.1) is 12.8 Å². The van der Waals surface area contributed by atoms with Crippen molar-refractivity contribution in [3.8, 4) is 0 Å². The number of carbonyl (C=O) groups excluding carboxylic acids is 1. The Balaban J connectivity index is 1.89. The van der Waals surface area contributed by atoms with Crippen LogP contribution in [0.15, 0.2) is 23.1 Å². The summed E-state index contributed by atoms with van der Waals surface area (Å²) in [6.45, 7) is 4.05. The number of aromatic amines is 1. The van der Waals surface area contributed by atoms with Crippen molar-refractivity contribution in [2.75, 3.05) is 12.3 Å². The lowest BCUT2D eigenvalue weighted by atomic mass is 9.78. The Labute approximate surface area is 141 Å². The van der Waals surface area contributed by atoms with Crippen molar-refractivity contribution in [2.24, 2.45) is 5.92 Å². The van der Waals surface area contributed by atoms with Crippen LogP contribution in [0.5, 0.6) is 0 Å². The number of hydrogen-bond acceptors (Lipinski definition) is 4. The van der Waals surface area contributed by atoms with Gasteiger partial charge in [0.1, 0.15) is 0 Å². The van der Waals surface area contributed by atoms with Gasteiger partial charge in [-0.25, -0.2) is 0 Å². The summed E-state index contributed by atoms with van der Waals surface area (Å²) in [5, 5.41) is 0.583. The molecule has 0 amide bonds. The number of esters is 1. The molecule has 0 atom stereocenters. The van der Waals surface area contributed by atoms with E-state index in [0.29, 0.717) is 29.2 Å². The highest BCUT2D eigenvalue weighted by Gasteiger charge is 2.29. The molecule has 1 aromatic heterocycles. The summed E-state index contributed by atoms with van der Waals surface area (Å²) in [5.74, 6) is 0.252. The van der Waals surface area contributed by atoms with E-state index in [1.807, 2.05) is 19.1 Å². The van der Waals surface area contributed by atoms with Gasteiger partial charge in [-0.05, 0) is 57.1 Å². The first kappa shape index (κ1) is 16.6. The van der Waals surface area contributed by atoms with E-state index >= 15 is 0 Å². The molecule has 0 spiro atoms. The van der Waals surface area contributed by atoms with Gasteiger partial charge in [0.15, 0.2) is 5.43 Å². The molecule has 128 valence electrons. The first-order chi connectivity index (χ1) is 11.5. The Bertz CT molecular complexity index is 817. The summed E-state index contributed by atoms with van der Waals surface area (Å²) >= 11 is 0. The third-order valence-corrected chi connectivity index (χ3v) is 5.07. The fourth-order valence-corrected chi connectivity index (χ4v) is 3.72. The Morgan fingerprint density at radius 2 is 2.00 bits per heavy atom. The van der Waals surface area contributed by atoms with Crippen LogP contribution in [-0.2, 0) is 9.53 Å². The molecule has 5 nitrogen and oxygen atoms in total. The smallest absolute Gasteiger partial charge is 0.308 e. The Kier molecular flexibility index (Phi) is 4.60. The summed E-state index contributed by atoms with van der Waals surface area (Å²) in [7, 11) is 0. The van der Waals surface area contributed by atoms with Gasteiger partial charge >= 0.3 is 5.97 Å². The normalized spacial score (nSPS) is 20.9. The molecule has 0 aliphatic heterocycles. The maximum absolute atomic E-state index is 12.4. The molecule has 3 rings (SSSR count). The van der Waals surface area contributed by atoms with Crippen LogP contribution in [0.3, 0.4) is 0 Å². The molecule has 1 aromatic carbocycles. The third kappa shape index (κ3) is 2.90. The average molecular weight is 328 g/mol. The Hall–Kier alpha value is -2.30. The van der Waals surface area contributed by atoms with Crippen LogP contribution < -0.4 is 11.2 Å². The van der Waals surface area contributed by atoms with Gasteiger partial charge in [0.25, 0.3) is 0 Å². The predicted octanol–water partition coefficient (Wildman–Crippen LogP) is 3.26. The number of H-pyrrole nitrogens is 1. The summed E-state index contributed by atoms with van der Waals surface area (Å²) in [4.78, 5) is 27.6. The highest BCUT2D eigenvalue weighted by Crippen LogP contribution is 2.39. The van der Waals surface area contributed by atoms with Crippen LogP contribution >= 0.6 is 0 Å². The molecule has 1 aliphatic carbocycles. The molecule has 3 N–H and O–H groups in total. The molecule has 0 saturated heterocycles. The molecular formula is C19H24N2O3. The minimum atomic E-state index is -0.0813. The summed E-state index contributed by atoms with van der Waals surface area (Å²) in [5.41, 5.74) is 9.17. The third-order valence-electron chi connectivity index (χ3n) is 5.07. The van der Waals surface area contributed by atoms with Crippen LogP contribution in [0.25, 0.3) is 10.9 Å². The van der Waals surface area contributed by atoms with Crippen molar-refractivity contribution in [1.82, 2.24) is 4.98 Å². The van der Waals surface area contributed by atoms with Crippen molar-refractivity contribution < 1.29 is 9.53 Å². The van der Waals surface area contributed by atoms with Gasteiger partial charge in [0.2, 0.25) is 0 Å². The quantitative estimate of drug-likeness (QED) is 0.669. The Morgan fingerprint density at radius 1 is 1.29 bits per heavy atom. The first-order valence-corrected chi connectivity index (χ1v) is 8.60.